The molecule has 4 nitrogen and oxygen atoms in total. The minimum Gasteiger partial charge on any atom is -0.375 e. The van der Waals surface area contributed by atoms with Crippen LogP contribution in [-0.2, 0) is 22.7 Å². The molecule has 0 radical (unpaired) electrons. The standard InChI is InChI=1S/C12H19NO3/c1-2-14-8-10-7-12(16-13-10)9-15-11-5-3-4-6-11/h7,11H,2-6,8-9H2,1H3. The van der Waals surface area contributed by atoms with Crippen LogP contribution in [0.1, 0.15) is 44.1 Å². The summed E-state index contributed by atoms with van der Waals surface area (Å²) in [6, 6.07) is 1.91. The van der Waals surface area contributed by atoms with Crippen LogP contribution in [0.2, 0.25) is 0 Å². The summed E-state index contributed by atoms with van der Waals surface area (Å²) in [7, 11) is 0. The molecule has 1 aliphatic carbocycles. The monoisotopic (exact) mass is 225 g/mol. The molecule has 0 saturated heterocycles. The first-order valence-electron chi connectivity index (χ1n) is 6.02. The number of rotatable bonds is 6. The molecule has 1 saturated carbocycles. The van der Waals surface area contributed by atoms with Gasteiger partial charge in [-0.05, 0) is 19.8 Å². The molecule has 1 fully saturated rings. The maximum absolute atomic E-state index is 5.73. The lowest BCUT2D eigenvalue weighted by atomic mass is 10.3. The summed E-state index contributed by atoms with van der Waals surface area (Å²) in [6.07, 6.45) is 5.35. The molecule has 90 valence electrons. The van der Waals surface area contributed by atoms with Gasteiger partial charge in [0.2, 0.25) is 0 Å². The lowest BCUT2D eigenvalue weighted by Crippen LogP contribution is -2.06. The van der Waals surface area contributed by atoms with Crippen molar-refractivity contribution in [2.75, 3.05) is 6.61 Å². The van der Waals surface area contributed by atoms with Crippen LogP contribution in [0, 0.1) is 0 Å². The summed E-state index contributed by atoms with van der Waals surface area (Å²) in [5, 5.41) is 3.92. The largest absolute Gasteiger partial charge is 0.375 e. The van der Waals surface area contributed by atoms with Crippen molar-refractivity contribution in [1.82, 2.24) is 5.16 Å². The quantitative estimate of drug-likeness (QED) is 0.746. The van der Waals surface area contributed by atoms with E-state index in [-0.39, 0.29) is 0 Å². The van der Waals surface area contributed by atoms with E-state index in [0.717, 1.165) is 11.5 Å². The third kappa shape index (κ3) is 3.32. The summed E-state index contributed by atoms with van der Waals surface area (Å²) in [5.74, 6) is 0.793. The number of ether oxygens (including phenoxy) is 2. The van der Waals surface area contributed by atoms with Gasteiger partial charge < -0.3 is 14.0 Å². The molecule has 0 amide bonds. The molecular weight excluding hydrogens is 206 g/mol. The molecular formula is C12H19NO3. The van der Waals surface area contributed by atoms with Crippen LogP contribution in [0.4, 0.5) is 0 Å². The molecule has 0 atom stereocenters. The first-order chi connectivity index (χ1) is 7.88. The summed E-state index contributed by atoms with van der Waals surface area (Å²) >= 11 is 0. The Bertz CT molecular complexity index is 305. The molecule has 1 aromatic rings. The Morgan fingerprint density at radius 1 is 1.38 bits per heavy atom. The molecule has 1 aromatic heterocycles. The minimum atomic E-state index is 0.417. The second kappa shape index (κ2) is 6.01. The average Bonchev–Trinajstić information content (AvgIpc) is 2.95. The maximum atomic E-state index is 5.73. The second-order valence-corrected chi connectivity index (χ2v) is 4.14. The average molecular weight is 225 g/mol. The molecule has 2 rings (SSSR count). The predicted molar refractivity (Wildman–Crippen MR) is 58.9 cm³/mol. The Hall–Kier alpha value is -0.870. The van der Waals surface area contributed by atoms with Gasteiger partial charge in [0, 0.05) is 12.7 Å². The van der Waals surface area contributed by atoms with Crippen LogP contribution in [0.5, 0.6) is 0 Å². The summed E-state index contributed by atoms with van der Waals surface area (Å²) in [4.78, 5) is 0. The van der Waals surface area contributed by atoms with Gasteiger partial charge in [0.25, 0.3) is 0 Å². The molecule has 0 aliphatic heterocycles. The Morgan fingerprint density at radius 3 is 2.94 bits per heavy atom. The zero-order valence-electron chi connectivity index (χ0n) is 9.78. The fraction of sp³-hybridized carbons (Fsp3) is 0.750. The van der Waals surface area contributed by atoms with Crippen molar-refractivity contribution in [2.45, 2.75) is 51.9 Å². The van der Waals surface area contributed by atoms with Gasteiger partial charge >= 0.3 is 0 Å². The number of aromatic nitrogens is 1. The van der Waals surface area contributed by atoms with Gasteiger partial charge in [-0.2, -0.15) is 0 Å². The van der Waals surface area contributed by atoms with E-state index in [0.29, 0.717) is 25.9 Å². The Balaban J connectivity index is 1.73. The van der Waals surface area contributed by atoms with E-state index in [4.69, 9.17) is 14.0 Å². The normalized spacial score (nSPS) is 17.1. The lowest BCUT2D eigenvalue weighted by molar-refractivity contribution is 0.0329. The van der Waals surface area contributed by atoms with Gasteiger partial charge in [-0.1, -0.05) is 18.0 Å². The molecule has 0 N–H and O–H groups in total. The van der Waals surface area contributed by atoms with Gasteiger partial charge in [0.15, 0.2) is 5.76 Å². The minimum absolute atomic E-state index is 0.417. The molecule has 1 heterocycles. The first-order valence-corrected chi connectivity index (χ1v) is 6.02. The van der Waals surface area contributed by atoms with Gasteiger partial charge in [-0.3, -0.25) is 0 Å². The number of nitrogens with zero attached hydrogens (tertiary/aromatic N) is 1. The van der Waals surface area contributed by atoms with Gasteiger partial charge in [0.1, 0.15) is 12.3 Å². The van der Waals surface area contributed by atoms with Gasteiger partial charge in [-0.15, -0.1) is 0 Å². The number of hydrogen-bond acceptors (Lipinski definition) is 4. The van der Waals surface area contributed by atoms with E-state index in [1.807, 2.05) is 13.0 Å². The highest BCUT2D eigenvalue weighted by molar-refractivity contribution is 5.03. The molecule has 16 heavy (non-hydrogen) atoms. The Labute approximate surface area is 95.9 Å². The third-order valence-corrected chi connectivity index (χ3v) is 2.83. The van der Waals surface area contributed by atoms with Crippen LogP contribution in [0.3, 0.4) is 0 Å². The third-order valence-electron chi connectivity index (χ3n) is 2.83. The molecule has 0 spiro atoms. The maximum Gasteiger partial charge on any atom is 0.162 e. The SMILES string of the molecule is CCOCc1cc(COC2CCCC2)on1. The molecule has 0 bridgehead atoms. The van der Waals surface area contributed by atoms with Crippen LogP contribution >= 0.6 is 0 Å². The van der Waals surface area contributed by atoms with E-state index >= 15 is 0 Å². The van der Waals surface area contributed by atoms with Crippen molar-refractivity contribution in [3.63, 3.8) is 0 Å². The van der Waals surface area contributed by atoms with Crippen LogP contribution in [0.15, 0.2) is 10.6 Å². The highest BCUT2D eigenvalue weighted by Crippen LogP contribution is 2.22. The van der Waals surface area contributed by atoms with Crippen LogP contribution < -0.4 is 0 Å². The summed E-state index contributed by atoms with van der Waals surface area (Å²) in [5.41, 5.74) is 0.840. The molecule has 1 aliphatic rings. The first kappa shape index (κ1) is 11.6. The van der Waals surface area contributed by atoms with E-state index in [1.165, 1.54) is 25.7 Å². The predicted octanol–water partition coefficient (Wildman–Crippen LogP) is 2.67. The topological polar surface area (TPSA) is 44.5 Å². The van der Waals surface area contributed by atoms with Crippen molar-refractivity contribution in [2.24, 2.45) is 0 Å². The second-order valence-electron chi connectivity index (χ2n) is 4.14. The van der Waals surface area contributed by atoms with Crippen LogP contribution in [-0.4, -0.2) is 17.9 Å². The molecule has 4 heteroatoms. The van der Waals surface area contributed by atoms with Crippen molar-refractivity contribution in [1.29, 1.82) is 0 Å². The van der Waals surface area contributed by atoms with E-state index < -0.39 is 0 Å². The lowest BCUT2D eigenvalue weighted by Gasteiger charge is -2.08. The highest BCUT2D eigenvalue weighted by Gasteiger charge is 2.16. The van der Waals surface area contributed by atoms with Crippen molar-refractivity contribution < 1.29 is 14.0 Å². The zero-order chi connectivity index (χ0) is 11.2. The van der Waals surface area contributed by atoms with E-state index in [1.54, 1.807) is 0 Å². The van der Waals surface area contributed by atoms with E-state index in [2.05, 4.69) is 5.16 Å². The smallest absolute Gasteiger partial charge is 0.162 e. The zero-order valence-corrected chi connectivity index (χ0v) is 9.78. The molecule has 0 aromatic carbocycles. The van der Waals surface area contributed by atoms with Crippen molar-refractivity contribution in [3.8, 4) is 0 Å². The fourth-order valence-corrected chi connectivity index (χ4v) is 1.95. The number of hydrogen-bond donors (Lipinski definition) is 0. The van der Waals surface area contributed by atoms with Gasteiger partial charge in [-0.25, -0.2) is 0 Å². The Kier molecular flexibility index (Phi) is 4.36. The summed E-state index contributed by atoms with van der Waals surface area (Å²) in [6.45, 7) is 3.71. The fourth-order valence-electron chi connectivity index (χ4n) is 1.95. The van der Waals surface area contributed by atoms with Crippen LogP contribution in [0.25, 0.3) is 0 Å². The van der Waals surface area contributed by atoms with Crippen molar-refractivity contribution in [3.05, 3.63) is 17.5 Å². The van der Waals surface area contributed by atoms with E-state index in [9.17, 15) is 0 Å². The Morgan fingerprint density at radius 2 is 2.19 bits per heavy atom. The highest BCUT2D eigenvalue weighted by atomic mass is 16.5. The van der Waals surface area contributed by atoms with Gasteiger partial charge in [0.05, 0.1) is 12.7 Å². The summed E-state index contributed by atoms with van der Waals surface area (Å²) < 4.78 is 16.1. The molecule has 0 unspecified atom stereocenters. The van der Waals surface area contributed by atoms with Crippen molar-refractivity contribution >= 4 is 0 Å².